The first kappa shape index (κ1) is 13.6. The first-order valence-electron chi connectivity index (χ1n) is 7.40. The zero-order valence-electron chi connectivity index (χ0n) is 12.6. The zero-order chi connectivity index (χ0) is 15.8. The molecule has 3 aromatic heterocycles. The van der Waals surface area contributed by atoms with Gasteiger partial charge in [0.2, 0.25) is 0 Å². The second-order valence-electron chi connectivity index (χ2n) is 5.49. The molecule has 5 nitrogen and oxygen atoms in total. The van der Waals surface area contributed by atoms with Crippen molar-refractivity contribution in [1.82, 2.24) is 14.5 Å². The van der Waals surface area contributed by atoms with Gasteiger partial charge in [-0.2, -0.15) is 0 Å². The quantitative estimate of drug-likeness (QED) is 0.631. The normalized spacial score (nSPS) is 11.2. The number of nitrogens with zero attached hydrogens (tertiary/aromatic N) is 2. The molecule has 114 valence electrons. The number of benzene rings is 1. The van der Waals surface area contributed by atoms with Crippen LogP contribution >= 0.6 is 0 Å². The summed E-state index contributed by atoms with van der Waals surface area (Å²) in [6.07, 6.45) is 1.61. The van der Waals surface area contributed by atoms with Crippen molar-refractivity contribution >= 4 is 11.0 Å². The third-order valence-electron chi connectivity index (χ3n) is 3.81. The monoisotopic (exact) mass is 305 g/mol. The van der Waals surface area contributed by atoms with Gasteiger partial charge in [-0.15, -0.1) is 0 Å². The molecule has 0 spiro atoms. The molecule has 0 bridgehead atoms. The highest BCUT2D eigenvalue weighted by Crippen LogP contribution is 2.20. The summed E-state index contributed by atoms with van der Waals surface area (Å²) < 4.78 is 7.06. The van der Waals surface area contributed by atoms with Gasteiger partial charge in [0.25, 0.3) is 5.56 Å². The van der Waals surface area contributed by atoms with Gasteiger partial charge in [-0.3, -0.25) is 9.36 Å². The Morgan fingerprint density at radius 1 is 1.17 bits per heavy atom. The minimum Gasteiger partial charge on any atom is -0.467 e. The van der Waals surface area contributed by atoms with E-state index >= 15 is 0 Å². The molecule has 5 heteroatoms. The largest absolute Gasteiger partial charge is 0.467 e. The number of hydrogen-bond acceptors (Lipinski definition) is 3. The van der Waals surface area contributed by atoms with E-state index in [1.807, 2.05) is 55.5 Å². The van der Waals surface area contributed by atoms with Crippen LogP contribution in [-0.4, -0.2) is 14.5 Å². The highest BCUT2D eigenvalue weighted by molar-refractivity contribution is 5.77. The van der Waals surface area contributed by atoms with E-state index in [2.05, 4.69) is 9.97 Å². The lowest BCUT2D eigenvalue weighted by atomic mass is 10.2. The maximum atomic E-state index is 12.9. The van der Waals surface area contributed by atoms with Crippen LogP contribution in [0.1, 0.15) is 11.5 Å². The van der Waals surface area contributed by atoms with E-state index in [1.165, 1.54) is 0 Å². The molecule has 0 saturated carbocycles. The minimum atomic E-state index is -0.0744. The average Bonchev–Trinajstić information content (AvgIpc) is 3.20. The summed E-state index contributed by atoms with van der Waals surface area (Å²) in [5, 5.41) is 0.591. The summed E-state index contributed by atoms with van der Waals surface area (Å²) in [5.41, 5.74) is 2.35. The smallest absolute Gasteiger partial charge is 0.263 e. The molecular weight excluding hydrogens is 290 g/mol. The zero-order valence-corrected chi connectivity index (χ0v) is 12.6. The SMILES string of the molecule is Cc1cc2c(=O)n(Cc3ccco3)c(-c3ccccc3)nc2[nH]1. The Morgan fingerprint density at radius 2 is 2.00 bits per heavy atom. The Labute approximate surface area is 132 Å². The van der Waals surface area contributed by atoms with Crippen LogP contribution in [0.15, 0.2) is 64.0 Å². The lowest BCUT2D eigenvalue weighted by Crippen LogP contribution is -2.23. The van der Waals surface area contributed by atoms with Crippen molar-refractivity contribution in [1.29, 1.82) is 0 Å². The molecule has 0 aliphatic carbocycles. The standard InChI is InChI=1S/C18H15N3O2/c1-12-10-15-16(19-12)20-17(13-6-3-2-4-7-13)21(18(15)22)11-14-8-5-9-23-14/h2-10,19H,11H2,1H3. The van der Waals surface area contributed by atoms with Gasteiger partial charge in [0, 0.05) is 11.3 Å². The topological polar surface area (TPSA) is 63.8 Å². The van der Waals surface area contributed by atoms with Crippen molar-refractivity contribution in [2.24, 2.45) is 0 Å². The molecule has 0 aliphatic heterocycles. The number of furan rings is 1. The number of H-pyrrole nitrogens is 1. The molecule has 1 aromatic carbocycles. The molecule has 0 saturated heterocycles. The fraction of sp³-hybridized carbons (Fsp3) is 0.111. The van der Waals surface area contributed by atoms with Crippen LogP contribution < -0.4 is 5.56 Å². The number of nitrogens with one attached hydrogen (secondary N) is 1. The number of hydrogen-bond donors (Lipinski definition) is 1. The van der Waals surface area contributed by atoms with Gasteiger partial charge >= 0.3 is 0 Å². The second-order valence-corrected chi connectivity index (χ2v) is 5.49. The van der Waals surface area contributed by atoms with Gasteiger partial charge in [-0.05, 0) is 25.1 Å². The first-order chi connectivity index (χ1) is 11.2. The lowest BCUT2D eigenvalue weighted by molar-refractivity contribution is 0.490. The maximum Gasteiger partial charge on any atom is 0.263 e. The molecule has 1 N–H and O–H groups in total. The number of fused-ring (bicyclic) bond motifs is 1. The van der Waals surface area contributed by atoms with Gasteiger partial charge in [0.15, 0.2) is 0 Å². The van der Waals surface area contributed by atoms with E-state index in [4.69, 9.17) is 4.42 Å². The molecule has 0 aliphatic rings. The molecule has 3 heterocycles. The minimum absolute atomic E-state index is 0.0744. The van der Waals surface area contributed by atoms with E-state index in [9.17, 15) is 4.79 Å². The molecule has 23 heavy (non-hydrogen) atoms. The number of rotatable bonds is 3. The Hall–Kier alpha value is -3.08. The molecule has 0 amide bonds. The molecule has 4 aromatic rings. The summed E-state index contributed by atoms with van der Waals surface area (Å²) >= 11 is 0. The van der Waals surface area contributed by atoms with Crippen LogP contribution in [-0.2, 0) is 6.54 Å². The fourth-order valence-corrected chi connectivity index (χ4v) is 2.75. The molecule has 4 rings (SSSR count). The van der Waals surface area contributed by atoms with Gasteiger partial charge in [0.05, 0.1) is 18.2 Å². The molecule has 0 fully saturated rings. The van der Waals surface area contributed by atoms with E-state index in [1.54, 1.807) is 10.8 Å². The first-order valence-corrected chi connectivity index (χ1v) is 7.40. The van der Waals surface area contributed by atoms with Crippen molar-refractivity contribution in [2.75, 3.05) is 0 Å². The van der Waals surface area contributed by atoms with Crippen LogP contribution in [0, 0.1) is 6.92 Å². The summed E-state index contributed by atoms with van der Waals surface area (Å²) in [4.78, 5) is 20.7. The van der Waals surface area contributed by atoms with Crippen LogP contribution in [0.5, 0.6) is 0 Å². The molecule has 0 radical (unpaired) electrons. The van der Waals surface area contributed by atoms with Crippen LogP contribution in [0.3, 0.4) is 0 Å². The Bertz CT molecular complexity index is 1010. The van der Waals surface area contributed by atoms with E-state index < -0.39 is 0 Å². The maximum absolute atomic E-state index is 12.9. The van der Waals surface area contributed by atoms with E-state index in [0.29, 0.717) is 23.4 Å². The van der Waals surface area contributed by atoms with Crippen LogP contribution in [0.2, 0.25) is 0 Å². The average molecular weight is 305 g/mol. The Kier molecular flexibility index (Phi) is 3.12. The predicted octanol–water partition coefficient (Wildman–Crippen LogP) is 3.34. The van der Waals surface area contributed by atoms with Crippen LogP contribution in [0.4, 0.5) is 0 Å². The van der Waals surface area contributed by atoms with Crippen molar-refractivity contribution in [2.45, 2.75) is 13.5 Å². The van der Waals surface area contributed by atoms with Crippen molar-refractivity contribution < 1.29 is 4.42 Å². The van der Waals surface area contributed by atoms with Gasteiger partial charge < -0.3 is 9.40 Å². The summed E-state index contributed by atoms with van der Waals surface area (Å²) in [6, 6.07) is 15.2. The highest BCUT2D eigenvalue weighted by atomic mass is 16.3. The third kappa shape index (κ3) is 2.36. The summed E-state index contributed by atoms with van der Waals surface area (Å²) in [7, 11) is 0. The fourth-order valence-electron chi connectivity index (χ4n) is 2.75. The Morgan fingerprint density at radius 3 is 2.74 bits per heavy atom. The van der Waals surface area contributed by atoms with Gasteiger partial charge in [-0.25, -0.2) is 4.98 Å². The molecule has 0 unspecified atom stereocenters. The van der Waals surface area contributed by atoms with Crippen LogP contribution in [0.25, 0.3) is 22.4 Å². The molecule has 0 atom stereocenters. The summed E-state index contributed by atoms with van der Waals surface area (Å²) in [5.74, 6) is 1.35. The number of aromatic amines is 1. The van der Waals surface area contributed by atoms with E-state index in [0.717, 1.165) is 17.0 Å². The van der Waals surface area contributed by atoms with Gasteiger partial charge in [0.1, 0.15) is 17.2 Å². The second kappa shape index (κ2) is 5.28. The third-order valence-corrected chi connectivity index (χ3v) is 3.81. The van der Waals surface area contributed by atoms with Gasteiger partial charge in [-0.1, -0.05) is 30.3 Å². The molecular formula is C18H15N3O2. The number of aromatic nitrogens is 3. The van der Waals surface area contributed by atoms with Crippen molar-refractivity contribution in [3.63, 3.8) is 0 Å². The lowest BCUT2D eigenvalue weighted by Gasteiger charge is -2.11. The summed E-state index contributed by atoms with van der Waals surface area (Å²) in [6.45, 7) is 2.27. The number of aryl methyl sites for hydroxylation is 1. The highest BCUT2D eigenvalue weighted by Gasteiger charge is 2.15. The van der Waals surface area contributed by atoms with Crippen molar-refractivity contribution in [3.8, 4) is 11.4 Å². The van der Waals surface area contributed by atoms with Crippen molar-refractivity contribution in [3.05, 3.63) is 76.6 Å². The predicted molar refractivity (Wildman–Crippen MR) is 88.3 cm³/mol. The van der Waals surface area contributed by atoms with E-state index in [-0.39, 0.29) is 5.56 Å². The Balaban J connectivity index is 2.00.